The minimum atomic E-state index is 1.16. The Kier molecular flexibility index (Phi) is 5.00. The third-order valence-electron chi connectivity index (χ3n) is 9.45. The molecule has 0 spiro atoms. The summed E-state index contributed by atoms with van der Waals surface area (Å²) >= 11 is 0. The molecule has 0 unspecified atom stereocenters. The molecule has 7 aromatic carbocycles. The number of hydrogen-bond donors (Lipinski definition) is 0. The molecule has 45 heavy (non-hydrogen) atoms. The monoisotopic (exact) mass is 573 g/mol. The second-order valence-electron chi connectivity index (χ2n) is 11.8. The van der Waals surface area contributed by atoms with E-state index in [4.69, 9.17) is 0 Å². The van der Waals surface area contributed by atoms with Gasteiger partial charge in [0.1, 0.15) is 0 Å². The van der Waals surface area contributed by atoms with Crippen LogP contribution in [0.2, 0.25) is 0 Å². The van der Waals surface area contributed by atoms with E-state index < -0.39 is 0 Å². The summed E-state index contributed by atoms with van der Waals surface area (Å²) in [7, 11) is 0. The SMILES string of the molecule is c1ccc(-n2ccc3c2ccc2c4c5ccccc5ccc4n(-c4ccc5c(c4)c4ccccc4n5-c4ccccc4)c23)cc1. The fourth-order valence-corrected chi connectivity index (χ4v) is 7.53. The summed E-state index contributed by atoms with van der Waals surface area (Å²) in [6, 6.07) is 57.2. The normalized spacial score (nSPS) is 12.0. The molecule has 3 aromatic heterocycles. The van der Waals surface area contributed by atoms with E-state index in [-0.39, 0.29) is 0 Å². The van der Waals surface area contributed by atoms with Gasteiger partial charge in [0.05, 0.1) is 27.6 Å². The van der Waals surface area contributed by atoms with Gasteiger partial charge in [-0.1, -0.05) is 91.0 Å². The largest absolute Gasteiger partial charge is 0.316 e. The van der Waals surface area contributed by atoms with E-state index in [2.05, 4.69) is 178 Å². The van der Waals surface area contributed by atoms with Crippen molar-refractivity contribution in [2.45, 2.75) is 0 Å². The maximum absolute atomic E-state index is 2.49. The van der Waals surface area contributed by atoms with Crippen LogP contribution in [0.4, 0.5) is 0 Å². The van der Waals surface area contributed by atoms with Gasteiger partial charge in [0.2, 0.25) is 0 Å². The fourth-order valence-electron chi connectivity index (χ4n) is 7.53. The fraction of sp³-hybridized carbons (Fsp3) is 0. The highest BCUT2D eigenvalue weighted by Gasteiger charge is 2.20. The summed E-state index contributed by atoms with van der Waals surface area (Å²) in [5.41, 5.74) is 9.56. The van der Waals surface area contributed by atoms with Gasteiger partial charge in [0.15, 0.2) is 0 Å². The highest BCUT2D eigenvalue weighted by Crippen LogP contribution is 2.42. The predicted octanol–water partition coefficient (Wildman–Crippen LogP) is 11.0. The molecule has 0 aliphatic heterocycles. The Bertz CT molecular complexity index is 2740. The Morgan fingerprint density at radius 3 is 1.84 bits per heavy atom. The van der Waals surface area contributed by atoms with Crippen molar-refractivity contribution in [3.05, 3.63) is 164 Å². The molecule has 0 N–H and O–H groups in total. The Balaban J connectivity index is 1.34. The predicted molar refractivity (Wildman–Crippen MR) is 189 cm³/mol. The summed E-state index contributed by atoms with van der Waals surface area (Å²) in [4.78, 5) is 0. The lowest BCUT2D eigenvalue weighted by Gasteiger charge is -2.11. The molecular formula is C42H27N3. The molecule has 0 saturated carbocycles. The molecule has 10 rings (SSSR count). The Labute approximate surface area is 259 Å². The van der Waals surface area contributed by atoms with Crippen LogP contribution >= 0.6 is 0 Å². The quantitative estimate of drug-likeness (QED) is 0.200. The van der Waals surface area contributed by atoms with Crippen molar-refractivity contribution in [3.63, 3.8) is 0 Å². The lowest BCUT2D eigenvalue weighted by Crippen LogP contribution is -1.96. The molecule has 0 bridgehead atoms. The number of para-hydroxylation sites is 3. The van der Waals surface area contributed by atoms with E-state index >= 15 is 0 Å². The van der Waals surface area contributed by atoms with E-state index in [1.54, 1.807) is 0 Å². The zero-order valence-corrected chi connectivity index (χ0v) is 24.4. The lowest BCUT2D eigenvalue weighted by molar-refractivity contribution is 1.13. The zero-order chi connectivity index (χ0) is 29.5. The molecule has 210 valence electrons. The van der Waals surface area contributed by atoms with Crippen molar-refractivity contribution in [1.29, 1.82) is 0 Å². The van der Waals surface area contributed by atoms with Gasteiger partial charge < -0.3 is 13.7 Å². The number of fused-ring (bicyclic) bond motifs is 10. The first-order valence-corrected chi connectivity index (χ1v) is 15.5. The van der Waals surface area contributed by atoms with Crippen molar-refractivity contribution in [3.8, 4) is 17.1 Å². The first-order chi connectivity index (χ1) is 22.3. The summed E-state index contributed by atoms with van der Waals surface area (Å²) in [6.45, 7) is 0. The van der Waals surface area contributed by atoms with Crippen LogP contribution in [-0.4, -0.2) is 13.7 Å². The topological polar surface area (TPSA) is 14.8 Å². The van der Waals surface area contributed by atoms with Crippen LogP contribution in [0.15, 0.2) is 164 Å². The number of rotatable bonds is 3. The van der Waals surface area contributed by atoms with Gasteiger partial charge in [-0.2, -0.15) is 0 Å². The van der Waals surface area contributed by atoms with Gasteiger partial charge in [0.25, 0.3) is 0 Å². The molecule has 3 nitrogen and oxygen atoms in total. The average Bonchev–Trinajstić information content (AvgIpc) is 3.79. The van der Waals surface area contributed by atoms with Crippen LogP contribution in [0.3, 0.4) is 0 Å². The summed E-state index contributed by atoms with van der Waals surface area (Å²) in [6.07, 6.45) is 2.20. The van der Waals surface area contributed by atoms with Crippen molar-refractivity contribution in [2.75, 3.05) is 0 Å². The highest BCUT2D eigenvalue weighted by molar-refractivity contribution is 6.26. The van der Waals surface area contributed by atoms with E-state index in [1.807, 2.05) is 0 Å². The molecule has 3 heteroatoms. The lowest BCUT2D eigenvalue weighted by atomic mass is 10.0. The molecule has 0 amide bonds. The minimum Gasteiger partial charge on any atom is -0.316 e. The van der Waals surface area contributed by atoms with Crippen molar-refractivity contribution in [1.82, 2.24) is 13.7 Å². The molecule has 0 saturated heterocycles. The number of hydrogen-bond acceptors (Lipinski definition) is 0. The molecule has 3 heterocycles. The molecule has 0 atom stereocenters. The second-order valence-corrected chi connectivity index (χ2v) is 11.8. The first kappa shape index (κ1) is 24.4. The molecule has 0 fully saturated rings. The zero-order valence-electron chi connectivity index (χ0n) is 24.4. The highest BCUT2D eigenvalue weighted by atomic mass is 15.0. The van der Waals surface area contributed by atoms with Crippen LogP contribution in [0.5, 0.6) is 0 Å². The smallest absolute Gasteiger partial charge is 0.0635 e. The van der Waals surface area contributed by atoms with Crippen LogP contribution in [0, 0.1) is 0 Å². The Morgan fingerprint density at radius 2 is 1.00 bits per heavy atom. The van der Waals surface area contributed by atoms with E-state index in [1.165, 1.54) is 71.0 Å². The van der Waals surface area contributed by atoms with E-state index in [0.29, 0.717) is 0 Å². The Morgan fingerprint density at radius 1 is 0.333 bits per heavy atom. The van der Waals surface area contributed by atoms with Crippen molar-refractivity contribution >= 4 is 65.3 Å². The summed E-state index contributed by atoms with van der Waals surface area (Å²) in [5.74, 6) is 0. The second kappa shape index (κ2) is 9.22. The molecule has 0 aliphatic rings. The summed E-state index contributed by atoms with van der Waals surface area (Å²) in [5, 5.41) is 8.84. The third-order valence-corrected chi connectivity index (χ3v) is 9.45. The van der Waals surface area contributed by atoms with Crippen LogP contribution in [0.25, 0.3) is 82.3 Å². The van der Waals surface area contributed by atoms with Gasteiger partial charge in [-0.05, 0) is 77.5 Å². The molecule has 0 aliphatic carbocycles. The number of nitrogens with zero attached hydrogens (tertiary/aromatic N) is 3. The van der Waals surface area contributed by atoms with Crippen molar-refractivity contribution < 1.29 is 0 Å². The molecular weight excluding hydrogens is 546 g/mol. The van der Waals surface area contributed by atoms with Crippen LogP contribution in [-0.2, 0) is 0 Å². The van der Waals surface area contributed by atoms with Crippen LogP contribution < -0.4 is 0 Å². The van der Waals surface area contributed by atoms with Crippen molar-refractivity contribution in [2.24, 2.45) is 0 Å². The van der Waals surface area contributed by atoms with E-state index in [0.717, 1.165) is 11.4 Å². The van der Waals surface area contributed by atoms with Gasteiger partial charge in [-0.25, -0.2) is 0 Å². The molecule has 10 aromatic rings. The summed E-state index contributed by atoms with van der Waals surface area (Å²) < 4.78 is 7.17. The van der Waals surface area contributed by atoms with Gasteiger partial charge in [-0.15, -0.1) is 0 Å². The Hall–Kier alpha value is -6.06. The number of aromatic nitrogens is 3. The minimum absolute atomic E-state index is 1.16. The maximum Gasteiger partial charge on any atom is 0.0635 e. The maximum atomic E-state index is 2.49. The van der Waals surface area contributed by atoms with Gasteiger partial charge >= 0.3 is 0 Å². The molecule has 0 radical (unpaired) electrons. The van der Waals surface area contributed by atoms with E-state index in [9.17, 15) is 0 Å². The van der Waals surface area contributed by atoms with Crippen LogP contribution in [0.1, 0.15) is 0 Å². The number of benzene rings is 7. The standard InChI is InChI=1S/C42H27N3/c1-3-12-29(13-4-1)43-26-25-34-37(43)24-21-35-41-32-16-8-7-11-28(32)19-22-40(41)45(42(34)35)31-20-23-39-36(27-31)33-17-9-10-18-38(33)44(39)30-14-5-2-6-15-30/h1-27H. The van der Waals surface area contributed by atoms with Gasteiger partial charge in [0, 0.05) is 50.2 Å². The van der Waals surface area contributed by atoms with Gasteiger partial charge in [-0.3, -0.25) is 0 Å². The average molecular weight is 574 g/mol. The third kappa shape index (κ3) is 3.41. The first-order valence-electron chi connectivity index (χ1n) is 15.5.